The van der Waals surface area contributed by atoms with E-state index in [1.165, 1.54) is 9.80 Å². The highest BCUT2D eigenvalue weighted by molar-refractivity contribution is 6.31. The lowest BCUT2D eigenvalue weighted by molar-refractivity contribution is -0.384. The number of halogens is 4. The van der Waals surface area contributed by atoms with Crippen molar-refractivity contribution in [2.45, 2.75) is 6.18 Å². The van der Waals surface area contributed by atoms with Crippen LogP contribution in [0.1, 0.15) is 5.56 Å². The number of nitro groups is 1. The average molecular weight is 430 g/mol. The lowest BCUT2D eigenvalue weighted by Crippen LogP contribution is -2.49. The molecule has 7 nitrogen and oxygen atoms in total. The van der Waals surface area contributed by atoms with Gasteiger partial charge >= 0.3 is 12.3 Å². The first-order valence-corrected chi connectivity index (χ1v) is 8.86. The van der Waals surface area contributed by atoms with Gasteiger partial charge in [0.05, 0.1) is 15.5 Å². The molecule has 0 bridgehead atoms. The van der Waals surface area contributed by atoms with Crippen LogP contribution in [0, 0.1) is 10.1 Å². The summed E-state index contributed by atoms with van der Waals surface area (Å²) in [6.45, 7) is 0.710. The zero-order chi connectivity index (χ0) is 21.2. The summed E-state index contributed by atoms with van der Waals surface area (Å²) < 4.78 is 44.3. The number of rotatable bonds is 3. The molecule has 0 spiro atoms. The van der Waals surface area contributed by atoms with Gasteiger partial charge in [-0.15, -0.1) is 0 Å². The largest absolute Gasteiger partial charge is 0.418 e. The number of hydrogen-bond donors (Lipinski definition) is 0. The molecule has 0 aliphatic carbocycles. The fourth-order valence-corrected chi connectivity index (χ4v) is 3.22. The summed E-state index contributed by atoms with van der Waals surface area (Å²) in [6, 6.07) is 9.85. The standard InChI is InChI=1S/C18H15ClF3N3O4/c19-14-11-15(16(25(27)28)10-13(14)18(20,21)22)23-6-8-24(9-7-23)17(26)29-12-4-2-1-3-5-12/h1-5,10-11H,6-9H2. The van der Waals surface area contributed by atoms with Crippen LogP contribution >= 0.6 is 11.6 Å². The SMILES string of the molecule is O=C(Oc1ccccc1)N1CCN(c2cc(Cl)c(C(F)(F)F)cc2[N+](=O)[O-])CC1. The predicted molar refractivity (Wildman–Crippen MR) is 99.4 cm³/mol. The van der Waals surface area contributed by atoms with E-state index in [1.54, 1.807) is 30.3 Å². The maximum Gasteiger partial charge on any atom is 0.418 e. The molecule has 1 aliphatic rings. The molecule has 1 heterocycles. The number of hydrogen-bond acceptors (Lipinski definition) is 5. The molecular weight excluding hydrogens is 415 g/mol. The highest BCUT2D eigenvalue weighted by atomic mass is 35.5. The van der Waals surface area contributed by atoms with Gasteiger partial charge in [0.1, 0.15) is 11.4 Å². The Hall–Kier alpha value is -3.01. The average Bonchev–Trinajstić information content (AvgIpc) is 2.67. The van der Waals surface area contributed by atoms with Gasteiger partial charge in [0.25, 0.3) is 5.69 Å². The molecule has 0 radical (unpaired) electrons. The van der Waals surface area contributed by atoms with Gasteiger partial charge in [-0.3, -0.25) is 10.1 Å². The van der Waals surface area contributed by atoms with Crippen LogP contribution in [-0.2, 0) is 6.18 Å². The number of nitrogens with zero attached hydrogens (tertiary/aromatic N) is 3. The van der Waals surface area contributed by atoms with Gasteiger partial charge in [-0.25, -0.2) is 4.79 Å². The van der Waals surface area contributed by atoms with Crippen molar-refractivity contribution in [1.82, 2.24) is 4.90 Å². The van der Waals surface area contributed by atoms with Gasteiger partial charge in [-0.05, 0) is 18.2 Å². The minimum Gasteiger partial charge on any atom is -0.410 e. The molecule has 0 saturated carbocycles. The first-order valence-electron chi connectivity index (χ1n) is 8.48. The minimum absolute atomic E-state index is 0.0240. The van der Waals surface area contributed by atoms with Crippen molar-refractivity contribution in [2.24, 2.45) is 0 Å². The van der Waals surface area contributed by atoms with Crippen molar-refractivity contribution in [3.8, 4) is 5.75 Å². The third-order valence-electron chi connectivity index (χ3n) is 4.39. The zero-order valence-corrected chi connectivity index (χ0v) is 15.6. The monoisotopic (exact) mass is 429 g/mol. The summed E-state index contributed by atoms with van der Waals surface area (Å²) in [6.07, 6.45) is -5.38. The van der Waals surface area contributed by atoms with E-state index in [9.17, 15) is 28.1 Å². The van der Waals surface area contributed by atoms with Crippen molar-refractivity contribution in [1.29, 1.82) is 0 Å². The normalized spacial score (nSPS) is 14.6. The number of benzene rings is 2. The second-order valence-electron chi connectivity index (χ2n) is 6.23. The van der Waals surface area contributed by atoms with Gasteiger partial charge < -0.3 is 14.5 Å². The predicted octanol–water partition coefficient (Wildman–Crippen LogP) is 4.59. The van der Waals surface area contributed by atoms with E-state index in [0.717, 1.165) is 6.07 Å². The second kappa shape index (κ2) is 8.16. The quantitative estimate of drug-likeness (QED) is 0.527. The Morgan fingerprint density at radius 2 is 1.72 bits per heavy atom. The summed E-state index contributed by atoms with van der Waals surface area (Å²) >= 11 is 5.73. The number of piperazine rings is 1. The smallest absolute Gasteiger partial charge is 0.410 e. The topological polar surface area (TPSA) is 75.9 Å². The number of carbonyl (C=O) groups is 1. The zero-order valence-electron chi connectivity index (χ0n) is 14.9. The van der Waals surface area contributed by atoms with Crippen LogP contribution < -0.4 is 9.64 Å². The number of carbonyl (C=O) groups excluding carboxylic acids is 1. The van der Waals surface area contributed by atoms with Crippen molar-refractivity contribution < 1.29 is 27.6 Å². The first kappa shape index (κ1) is 20.7. The van der Waals surface area contributed by atoms with Crippen LogP contribution in [0.4, 0.5) is 29.3 Å². The van der Waals surface area contributed by atoms with Crippen LogP contribution in [0.25, 0.3) is 0 Å². The van der Waals surface area contributed by atoms with E-state index in [4.69, 9.17) is 16.3 Å². The van der Waals surface area contributed by atoms with Crippen LogP contribution in [0.15, 0.2) is 42.5 Å². The van der Waals surface area contributed by atoms with E-state index in [0.29, 0.717) is 11.8 Å². The molecule has 1 fully saturated rings. The Balaban J connectivity index is 1.74. The number of alkyl halides is 3. The molecule has 0 atom stereocenters. The second-order valence-corrected chi connectivity index (χ2v) is 6.64. The fourth-order valence-electron chi connectivity index (χ4n) is 2.95. The van der Waals surface area contributed by atoms with Crippen LogP contribution in [0.3, 0.4) is 0 Å². The summed E-state index contributed by atoms with van der Waals surface area (Å²) in [4.78, 5) is 25.6. The Kier molecular flexibility index (Phi) is 5.83. The number of ether oxygens (including phenoxy) is 1. The Morgan fingerprint density at radius 3 is 2.28 bits per heavy atom. The molecule has 154 valence electrons. The molecule has 11 heteroatoms. The number of amides is 1. The molecule has 0 N–H and O–H groups in total. The van der Waals surface area contributed by atoms with Crippen LogP contribution in [0.2, 0.25) is 5.02 Å². The Labute approximate surface area is 168 Å². The van der Waals surface area contributed by atoms with E-state index < -0.39 is 33.5 Å². The molecule has 0 unspecified atom stereocenters. The third kappa shape index (κ3) is 4.70. The van der Waals surface area contributed by atoms with E-state index in [1.807, 2.05) is 0 Å². The molecule has 3 rings (SSSR count). The van der Waals surface area contributed by atoms with Crippen molar-refractivity contribution >= 4 is 29.1 Å². The molecule has 29 heavy (non-hydrogen) atoms. The molecular formula is C18H15ClF3N3O4. The molecule has 1 saturated heterocycles. The van der Waals surface area contributed by atoms with Gasteiger partial charge in [0, 0.05) is 32.2 Å². The molecule has 0 aromatic heterocycles. The lowest BCUT2D eigenvalue weighted by atomic mass is 10.1. The molecule has 2 aromatic carbocycles. The highest BCUT2D eigenvalue weighted by Gasteiger charge is 2.37. The number of nitro benzene ring substituents is 1. The first-order chi connectivity index (χ1) is 13.7. The van der Waals surface area contributed by atoms with Crippen molar-refractivity contribution in [2.75, 3.05) is 31.1 Å². The van der Waals surface area contributed by atoms with Crippen LogP contribution in [-0.4, -0.2) is 42.1 Å². The molecule has 2 aromatic rings. The van der Waals surface area contributed by atoms with Gasteiger partial charge in [-0.1, -0.05) is 29.8 Å². The fraction of sp³-hybridized carbons (Fsp3) is 0.278. The van der Waals surface area contributed by atoms with Crippen molar-refractivity contribution in [3.63, 3.8) is 0 Å². The van der Waals surface area contributed by atoms with Gasteiger partial charge in [-0.2, -0.15) is 13.2 Å². The molecule has 1 aliphatic heterocycles. The number of para-hydroxylation sites is 1. The van der Waals surface area contributed by atoms with Gasteiger partial charge in [0.15, 0.2) is 0 Å². The summed E-state index contributed by atoms with van der Waals surface area (Å²) in [7, 11) is 0. The minimum atomic E-state index is -4.81. The number of anilines is 1. The maximum atomic E-state index is 13.0. The third-order valence-corrected chi connectivity index (χ3v) is 4.71. The maximum absolute atomic E-state index is 13.0. The van der Waals surface area contributed by atoms with E-state index in [-0.39, 0.29) is 31.9 Å². The summed E-state index contributed by atoms with van der Waals surface area (Å²) in [5.41, 5.74) is -1.98. The highest BCUT2D eigenvalue weighted by Crippen LogP contribution is 2.41. The van der Waals surface area contributed by atoms with E-state index >= 15 is 0 Å². The van der Waals surface area contributed by atoms with Gasteiger partial charge in [0.2, 0.25) is 0 Å². The van der Waals surface area contributed by atoms with Crippen LogP contribution in [0.5, 0.6) is 5.75 Å². The Morgan fingerprint density at radius 1 is 1.10 bits per heavy atom. The van der Waals surface area contributed by atoms with Crippen molar-refractivity contribution in [3.05, 3.63) is 63.2 Å². The lowest BCUT2D eigenvalue weighted by Gasteiger charge is -2.35. The van der Waals surface area contributed by atoms with E-state index in [2.05, 4.69) is 0 Å². The summed E-state index contributed by atoms with van der Waals surface area (Å²) in [5, 5.41) is 10.7. The summed E-state index contributed by atoms with van der Waals surface area (Å²) in [5.74, 6) is 0.380. The molecule has 1 amide bonds. The Bertz CT molecular complexity index is 917.